The number of hydrogen-bond donors (Lipinski definition) is 0. The highest BCUT2D eigenvalue weighted by molar-refractivity contribution is 14.1. The van der Waals surface area contributed by atoms with Crippen molar-refractivity contribution < 1.29 is 8.42 Å². The first-order valence-electron chi connectivity index (χ1n) is 2.50. The summed E-state index contributed by atoms with van der Waals surface area (Å²) in [4.78, 5) is 0. The topological polar surface area (TPSA) is 34.1 Å². The van der Waals surface area contributed by atoms with Gasteiger partial charge in [-0.3, -0.25) is 0 Å². The first-order valence-corrected chi connectivity index (χ1v) is 6.00. The van der Waals surface area contributed by atoms with E-state index in [2.05, 4.69) is 22.6 Å². The molecular formula is C4H6ClIO2S. The molecule has 0 bridgehead atoms. The standard InChI is InChI=1S/C4H6ClIO2S/c5-3-1-9(7,8)2-4(3)6/h3-4H,1-2H2/t3-,4-/m0/s1. The molecule has 5 heteroatoms. The Morgan fingerprint density at radius 3 is 2.11 bits per heavy atom. The lowest BCUT2D eigenvalue weighted by Crippen LogP contribution is -2.08. The third-order valence-electron chi connectivity index (χ3n) is 1.22. The van der Waals surface area contributed by atoms with Gasteiger partial charge in [0.25, 0.3) is 0 Å². The third kappa shape index (κ3) is 1.94. The van der Waals surface area contributed by atoms with Crippen LogP contribution < -0.4 is 0 Å². The van der Waals surface area contributed by atoms with Crippen molar-refractivity contribution in [2.45, 2.75) is 9.30 Å². The monoisotopic (exact) mass is 280 g/mol. The van der Waals surface area contributed by atoms with E-state index < -0.39 is 9.84 Å². The number of alkyl halides is 2. The minimum Gasteiger partial charge on any atom is -0.229 e. The molecule has 0 N–H and O–H groups in total. The molecular weight excluding hydrogens is 274 g/mol. The van der Waals surface area contributed by atoms with E-state index in [1.165, 1.54) is 0 Å². The summed E-state index contributed by atoms with van der Waals surface area (Å²) in [6.07, 6.45) is 0. The first kappa shape index (κ1) is 8.07. The Labute approximate surface area is 73.0 Å². The summed E-state index contributed by atoms with van der Waals surface area (Å²) in [6, 6.07) is 0. The van der Waals surface area contributed by atoms with E-state index >= 15 is 0 Å². The van der Waals surface area contributed by atoms with Crippen molar-refractivity contribution in [1.82, 2.24) is 0 Å². The minimum atomic E-state index is -2.78. The van der Waals surface area contributed by atoms with Crippen LogP contribution in [0.15, 0.2) is 0 Å². The molecule has 0 radical (unpaired) electrons. The maximum absolute atomic E-state index is 10.8. The van der Waals surface area contributed by atoms with Crippen LogP contribution in [0.3, 0.4) is 0 Å². The Morgan fingerprint density at radius 2 is 2.00 bits per heavy atom. The molecule has 0 amide bonds. The van der Waals surface area contributed by atoms with Gasteiger partial charge in [0.2, 0.25) is 0 Å². The molecule has 1 aliphatic rings. The van der Waals surface area contributed by atoms with Gasteiger partial charge in [-0.2, -0.15) is 0 Å². The van der Waals surface area contributed by atoms with Gasteiger partial charge < -0.3 is 0 Å². The van der Waals surface area contributed by atoms with Crippen molar-refractivity contribution in [2.75, 3.05) is 11.5 Å². The fraction of sp³-hybridized carbons (Fsp3) is 1.00. The Hall–Kier alpha value is 0.970. The van der Waals surface area contributed by atoms with Crippen LogP contribution in [0.2, 0.25) is 0 Å². The van der Waals surface area contributed by atoms with Crippen molar-refractivity contribution in [3.05, 3.63) is 0 Å². The molecule has 2 nitrogen and oxygen atoms in total. The first-order chi connectivity index (χ1) is 4.01. The van der Waals surface area contributed by atoms with Crippen molar-refractivity contribution in [2.24, 2.45) is 0 Å². The molecule has 1 heterocycles. The molecule has 1 saturated heterocycles. The fourth-order valence-corrected chi connectivity index (χ4v) is 5.35. The number of halogens is 2. The quantitative estimate of drug-likeness (QED) is 0.486. The zero-order valence-corrected chi connectivity index (χ0v) is 8.28. The van der Waals surface area contributed by atoms with Gasteiger partial charge in [0.05, 0.1) is 16.9 Å². The molecule has 2 atom stereocenters. The summed E-state index contributed by atoms with van der Waals surface area (Å²) >= 11 is 7.73. The Bertz CT molecular complexity index is 185. The largest absolute Gasteiger partial charge is 0.229 e. The fourth-order valence-electron chi connectivity index (χ4n) is 0.762. The molecule has 0 aromatic rings. The normalized spacial score (nSPS) is 41.1. The van der Waals surface area contributed by atoms with Crippen LogP contribution in [-0.2, 0) is 9.84 Å². The molecule has 1 rings (SSSR count). The molecule has 54 valence electrons. The number of rotatable bonds is 0. The third-order valence-corrected chi connectivity index (χ3v) is 5.93. The van der Waals surface area contributed by atoms with Gasteiger partial charge >= 0.3 is 0 Å². The maximum atomic E-state index is 10.8. The molecule has 0 saturated carbocycles. The molecule has 0 aromatic carbocycles. The lowest BCUT2D eigenvalue weighted by atomic mass is 10.4. The van der Waals surface area contributed by atoms with Crippen LogP contribution in [0, 0.1) is 0 Å². The zero-order valence-electron chi connectivity index (χ0n) is 4.55. The van der Waals surface area contributed by atoms with Crippen LogP contribution in [0.25, 0.3) is 0 Å². The predicted octanol–water partition coefficient (Wildman–Crippen LogP) is 0.826. The van der Waals surface area contributed by atoms with E-state index in [0.29, 0.717) is 0 Å². The SMILES string of the molecule is O=S1(=O)C[C@H](Cl)[C@@H](I)C1. The van der Waals surface area contributed by atoms with Gasteiger partial charge in [-0.05, 0) is 0 Å². The number of hydrogen-bond acceptors (Lipinski definition) is 2. The van der Waals surface area contributed by atoms with Crippen molar-refractivity contribution in [1.29, 1.82) is 0 Å². The van der Waals surface area contributed by atoms with Gasteiger partial charge in [0, 0.05) is 3.92 Å². The second-order valence-electron chi connectivity index (χ2n) is 2.11. The average molecular weight is 281 g/mol. The van der Waals surface area contributed by atoms with Gasteiger partial charge in [0.1, 0.15) is 0 Å². The lowest BCUT2D eigenvalue weighted by Gasteiger charge is -1.97. The molecule has 1 aliphatic heterocycles. The molecule has 1 fully saturated rings. The molecule has 9 heavy (non-hydrogen) atoms. The van der Waals surface area contributed by atoms with Gasteiger partial charge in [-0.25, -0.2) is 8.42 Å². The summed E-state index contributed by atoms with van der Waals surface area (Å²) in [5.74, 6) is 0.407. The summed E-state index contributed by atoms with van der Waals surface area (Å²) in [5, 5.41) is -0.171. The van der Waals surface area contributed by atoms with Crippen LogP contribution in [0.4, 0.5) is 0 Å². The highest BCUT2D eigenvalue weighted by atomic mass is 127. The molecule has 0 unspecified atom stereocenters. The predicted molar refractivity (Wildman–Crippen MR) is 46.1 cm³/mol. The van der Waals surface area contributed by atoms with Crippen LogP contribution in [0.5, 0.6) is 0 Å². The number of sulfone groups is 1. The van der Waals surface area contributed by atoms with Crippen molar-refractivity contribution in [3.63, 3.8) is 0 Å². The highest BCUT2D eigenvalue weighted by Crippen LogP contribution is 2.24. The van der Waals surface area contributed by atoms with E-state index in [1.54, 1.807) is 0 Å². The van der Waals surface area contributed by atoms with E-state index in [4.69, 9.17) is 11.6 Å². The highest BCUT2D eigenvalue weighted by Gasteiger charge is 2.34. The Kier molecular flexibility index (Phi) is 2.28. The zero-order chi connectivity index (χ0) is 7.07. The van der Waals surface area contributed by atoms with Gasteiger partial charge in [-0.1, -0.05) is 22.6 Å². The van der Waals surface area contributed by atoms with Gasteiger partial charge in [0.15, 0.2) is 9.84 Å². The van der Waals surface area contributed by atoms with E-state index in [0.717, 1.165) is 0 Å². The van der Waals surface area contributed by atoms with Crippen molar-refractivity contribution >= 4 is 44.0 Å². The lowest BCUT2D eigenvalue weighted by molar-refractivity contribution is 0.602. The second kappa shape index (κ2) is 2.54. The second-order valence-corrected chi connectivity index (χ2v) is 6.42. The maximum Gasteiger partial charge on any atom is 0.152 e. The Balaban J connectivity index is 2.77. The van der Waals surface area contributed by atoms with E-state index in [9.17, 15) is 8.42 Å². The molecule has 0 aliphatic carbocycles. The molecule has 0 aromatic heterocycles. The van der Waals surface area contributed by atoms with E-state index in [1.807, 2.05) is 0 Å². The Morgan fingerprint density at radius 1 is 1.44 bits per heavy atom. The van der Waals surface area contributed by atoms with Crippen LogP contribution in [-0.4, -0.2) is 29.2 Å². The smallest absolute Gasteiger partial charge is 0.152 e. The summed E-state index contributed by atoms with van der Waals surface area (Å²) in [5.41, 5.74) is 0. The van der Waals surface area contributed by atoms with E-state index in [-0.39, 0.29) is 20.8 Å². The van der Waals surface area contributed by atoms with Gasteiger partial charge in [-0.15, -0.1) is 11.6 Å². The minimum absolute atomic E-state index is 0.106. The molecule has 0 spiro atoms. The average Bonchev–Trinajstić information content (AvgIpc) is 1.79. The summed E-state index contributed by atoms with van der Waals surface area (Å²) in [6.45, 7) is 0. The van der Waals surface area contributed by atoms with Crippen molar-refractivity contribution in [3.8, 4) is 0 Å². The van der Waals surface area contributed by atoms with Crippen LogP contribution >= 0.6 is 34.2 Å². The summed E-state index contributed by atoms with van der Waals surface area (Å²) in [7, 11) is -2.78. The summed E-state index contributed by atoms with van der Waals surface area (Å²) < 4.78 is 21.6. The van der Waals surface area contributed by atoms with Crippen LogP contribution in [0.1, 0.15) is 0 Å².